The number of ether oxygens (including phenoxy) is 2. The molecule has 1 aliphatic carbocycles. The van der Waals surface area contributed by atoms with Gasteiger partial charge in [-0.05, 0) is 66.6 Å². The van der Waals surface area contributed by atoms with Crippen LogP contribution in [0.3, 0.4) is 0 Å². The largest absolute Gasteiger partial charge is 0.481 e. The van der Waals surface area contributed by atoms with Crippen molar-refractivity contribution in [2.24, 2.45) is 14.1 Å². The Morgan fingerprint density at radius 2 is 1.74 bits per heavy atom. The van der Waals surface area contributed by atoms with Crippen LogP contribution in [0.15, 0.2) is 58.3 Å². The van der Waals surface area contributed by atoms with E-state index in [0.29, 0.717) is 17.9 Å². The molecule has 0 bridgehead atoms. The van der Waals surface area contributed by atoms with Gasteiger partial charge in [0, 0.05) is 56.6 Å². The molecule has 1 amide bonds. The molecule has 2 aromatic carbocycles. The van der Waals surface area contributed by atoms with Gasteiger partial charge in [0.1, 0.15) is 17.6 Å². The number of carbonyl (C=O) groups is 1. The van der Waals surface area contributed by atoms with Crippen molar-refractivity contribution in [1.82, 2.24) is 34.5 Å². The van der Waals surface area contributed by atoms with Crippen LogP contribution in [0, 0.1) is 13.8 Å². The number of pyridine rings is 1. The fourth-order valence-electron chi connectivity index (χ4n) is 7.85. The SMILES string of the molecule is COc1nc(-c2cccc(-c3cccc(Nc4nncc5c4c(=O)n(C)c(=O)n5C)c3C)c2C)cc2c1C(N1CC3(CNC(=O)CO3)C1)CC2. The number of fused-ring (bicyclic) bond motifs is 2. The van der Waals surface area contributed by atoms with Gasteiger partial charge >= 0.3 is 5.69 Å². The Kier molecular flexibility index (Phi) is 7.57. The molecule has 13 nitrogen and oxygen atoms in total. The Labute approximate surface area is 287 Å². The van der Waals surface area contributed by atoms with Crippen molar-refractivity contribution < 1.29 is 14.3 Å². The van der Waals surface area contributed by atoms with E-state index in [0.717, 1.165) is 75.3 Å². The monoisotopic (exact) mass is 674 g/mol. The summed E-state index contributed by atoms with van der Waals surface area (Å²) in [7, 11) is 4.74. The average Bonchev–Trinajstić information content (AvgIpc) is 3.54. The van der Waals surface area contributed by atoms with Crippen molar-refractivity contribution in [3.8, 4) is 28.3 Å². The molecule has 1 spiro atoms. The number of nitrogens with zero attached hydrogens (tertiary/aromatic N) is 6. The summed E-state index contributed by atoms with van der Waals surface area (Å²) < 4.78 is 14.3. The molecule has 5 aromatic rings. The van der Waals surface area contributed by atoms with Crippen molar-refractivity contribution in [3.05, 3.63) is 91.8 Å². The van der Waals surface area contributed by atoms with Gasteiger partial charge in [-0.15, -0.1) is 5.10 Å². The fraction of sp³-hybridized carbons (Fsp3) is 0.351. The van der Waals surface area contributed by atoms with Crippen LogP contribution in [0.4, 0.5) is 11.5 Å². The summed E-state index contributed by atoms with van der Waals surface area (Å²) in [5.74, 6) is 0.867. The van der Waals surface area contributed by atoms with Crippen LogP contribution in [0.2, 0.25) is 0 Å². The van der Waals surface area contributed by atoms with Crippen molar-refractivity contribution in [3.63, 3.8) is 0 Å². The van der Waals surface area contributed by atoms with E-state index in [9.17, 15) is 14.4 Å². The zero-order chi connectivity index (χ0) is 34.9. The second kappa shape index (κ2) is 11.9. The van der Waals surface area contributed by atoms with E-state index in [-0.39, 0.29) is 35.4 Å². The van der Waals surface area contributed by atoms with Gasteiger partial charge in [-0.1, -0.05) is 30.3 Å². The van der Waals surface area contributed by atoms with Crippen LogP contribution in [0.1, 0.15) is 34.7 Å². The number of morpholine rings is 1. The molecule has 256 valence electrons. The lowest BCUT2D eigenvalue weighted by Gasteiger charge is -2.53. The summed E-state index contributed by atoms with van der Waals surface area (Å²) in [5.41, 5.74) is 8.35. The molecule has 5 heterocycles. The van der Waals surface area contributed by atoms with Gasteiger partial charge < -0.3 is 20.1 Å². The van der Waals surface area contributed by atoms with Crippen LogP contribution in [0.25, 0.3) is 33.3 Å². The van der Waals surface area contributed by atoms with E-state index in [1.165, 1.54) is 23.4 Å². The van der Waals surface area contributed by atoms with E-state index in [1.807, 2.05) is 25.1 Å². The van der Waals surface area contributed by atoms with Crippen molar-refractivity contribution in [2.45, 2.75) is 38.3 Å². The number of methoxy groups -OCH3 is 1. The number of likely N-dealkylation sites (tertiary alicyclic amines) is 1. The smallest absolute Gasteiger partial charge is 0.330 e. The zero-order valence-corrected chi connectivity index (χ0v) is 28.7. The van der Waals surface area contributed by atoms with Crippen LogP contribution in [-0.4, -0.2) is 74.1 Å². The van der Waals surface area contributed by atoms with E-state index in [4.69, 9.17) is 14.5 Å². The predicted octanol–water partition coefficient (Wildman–Crippen LogP) is 3.31. The molecule has 2 saturated heterocycles. The second-order valence-electron chi connectivity index (χ2n) is 13.5. The van der Waals surface area contributed by atoms with Gasteiger partial charge in [-0.2, -0.15) is 5.10 Å². The molecule has 1 atom stereocenters. The molecule has 0 radical (unpaired) electrons. The number of amides is 1. The van der Waals surface area contributed by atoms with Gasteiger partial charge in [0.15, 0.2) is 5.82 Å². The van der Waals surface area contributed by atoms with Crippen molar-refractivity contribution in [1.29, 1.82) is 0 Å². The van der Waals surface area contributed by atoms with E-state index in [2.05, 4.69) is 56.9 Å². The molecule has 0 saturated carbocycles. The Bertz CT molecular complexity index is 2330. The number of carbonyl (C=O) groups excluding carboxylic acids is 1. The number of rotatable bonds is 6. The summed E-state index contributed by atoms with van der Waals surface area (Å²) in [4.78, 5) is 44.8. The van der Waals surface area contributed by atoms with Crippen molar-refractivity contribution in [2.75, 3.05) is 38.7 Å². The Morgan fingerprint density at radius 3 is 2.48 bits per heavy atom. The first-order valence-corrected chi connectivity index (χ1v) is 16.7. The molecule has 2 aliphatic heterocycles. The van der Waals surface area contributed by atoms with E-state index >= 15 is 0 Å². The highest BCUT2D eigenvalue weighted by atomic mass is 16.5. The summed E-state index contributed by atoms with van der Waals surface area (Å²) >= 11 is 0. The first-order chi connectivity index (χ1) is 24.1. The second-order valence-corrected chi connectivity index (χ2v) is 13.5. The van der Waals surface area contributed by atoms with Gasteiger partial charge in [0.2, 0.25) is 11.8 Å². The molecule has 2 N–H and O–H groups in total. The lowest BCUT2D eigenvalue weighted by molar-refractivity contribution is -0.179. The van der Waals surface area contributed by atoms with Gasteiger partial charge in [-0.25, -0.2) is 9.78 Å². The highest BCUT2D eigenvalue weighted by molar-refractivity contribution is 5.91. The minimum atomic E-state index is -0.441. The number of benzene rings is 2. The van der Waals surface area contributed by atoms with Crippen LogP contribution >= 0.6 is 0 Å². The minimum Gasteiger partial charge on any atom is -0.481 e. The lowest BCUT2D eigenvalue weighted by Crippen LogP contribution is -2.70. The molecule has 2 fully saturated rings. The number of anilines is 2. The lowest BCUT2D eigenvalue weighted by atomic mass is 9.89. The molecular formula is C37H38N8O5. The predicted molar refractivity (Wildman–Crippen MR) is 189 cm³/mol. The topological polar surface area (TPSA) is 146 Å². The highest BCUT2D eigenvalue weighted by Crippen LogP contribution is 2.46. The Morgan fingerprint density at radius 1 is 1.00 bits per heavy atom. The third kappa shape index (κ3) is 4.99. The summed E-state index contributed by atoms with van der Waals surface area (Å²) in [6, 6.07) is 14.6. The normalized spacial score (nSPS) is 18.2. The first-order valence-electron chi connectivity index (χ1n) is 16.7. The number of aryl methyl sites for hydroxylation is 2. The maximum atomic E-state index is 13.2. The maximum Gasteiger partial charge on any atom is 0.330 e. The third-order valence-corrected chi connectivity index (χ3v) is 10.6. The van der Waals surface area contributed by atoms with Crippen LogP contribution < -0.4 is 26.6 Å². The standard InChI is InChI=1S/C37H38N8O5/c1-20-23(24-9-7-11-26(21(24)2)40-33-32-29(15-39-42-33)43(3)36(48)44(4)35(32)47)8-6-10-25(20)27-14-22-12-13-28(31(22)34(41-27)49-5)45-18-37(19-45)17-38-30(46)16-50-37/h6-11,14-15,28H,12-13,16-19H2,1-5H3,(H,38,46)(H,40,42). The fourth-order valence-corrected chi connectivity index (χ4v) is 7.85. The molecule has 3 aromatic heterocycles. The van der Waals surface area contributed by atoms with E-state index < -0.39 is 11.2 Å². The molecular weight excluding hydrogens is 636 g/mol. The zero-order valence-electron chi connectivity index (χ0n) is 28.7. The van der Waals surface area contributed by atoms with Gasteiger partial charge in [0.05, 0.1) is 24.5 Å². The third-order valence-electron chi connectivity index (χ3n) is 10.6. The first kappa shape index (κ1) is 31.8. The number of hydrogen-bond donors (Lipinski definition) is 2. The van der Waals surface area contributed by atoms with E-state index in [1.54, 1.807) is 14.2 Å². The average molecular weight is 675 g/mol. The van der Waals surface area contributed by atoms with Gasteiger partial charge in [0.25, 0.3) is 5.56 Å². The molecule has 3 aliphatic rings. The molecule has 1 unspecified atom stereocenters. The van der Waals surface area contributed by atoms with Crippen LogP contribution in [-0.2, 0) is 30.0 Å². The number of nitrogens with one attached hydrogen (secondary N) is 2. The van der Waals surface area contributed by atoms with Crippen molar-refractivity contribution >= 4 is 28.3 Å². The van der Waals surface area contributed by atoms with Crippen LogP contribution in [0.5, 0.6) is 5.88 Å². The summed E-state index contributed by atoms with van der Waals surface area (Å²) in [6.45, 7) is 6.33. The highest BCUT2D eigenvalue weighted by Gasteiger charge is 2.50. The molecule has 13 heteroatoms. The summed E-state index contributed by atoms with van der Waals surface area (Å²) in [6.07, 6.45) is 3.32. The Balaban J connectivity index is 1.11. The van der Waals surface area contributed by atoms with Gasteiger partial charge in [-0.3, -0.25) is 23.6 Å². The Hall–Kier alpha value is -5.40. The molecule has 50 heavy (non-hydrogen) atoms. The number of hydrogen-bond acceptors (Lipinski definition) is 10. The molecule has 8 rings (SSSR count). The minimum absolute atomic E-state index is 0.0587. The summed E-state index contributed by atoms with van der Waals surface area (Å²) in [5, 5.41) is 14.9. The maximum absolute atomic E-state index is 13.2. The quantitative estimate of drug-likeness (QED) is 0.275. The number of aromatic nitrogens is 5.